The van der Waals surface area contributed by atoms with Gasteiger partial charge in [0.25, 0.3) is 0 Å². The number of aliphatic hydroxyl groups excluding tert-OH is 1. The zero-order chi connectivity index (χ0) is 14.8. The molecule has 3 rings (SSSR count). The standard InChI is InChI=1S/C15H18N2O4/c18-12-6-7-17(13(12)14(19)16-8-9-16)15(20)21-10-11-4-2-1-3-5-11/h1-5,12-13,18H,6-10H2. The van der Waals surface area contributed by atoms with Crippen LogP contribution < -0.4 is 0 Å². The van der Waals surface area contributed by atoms with Gasteiger partial charge < -0.3 is 14.7 Å². The topological polar surface area (TPSA) is 69.9 Å². The second kappa shape index (κ2) is 5.73. The van der Waals surface area contributed by atoms with Crippen molar-refractivity contribution in [2.24, 2.45) is 0 Å². The maximum atomic E-state index is 12.1. The van der Waals surface area contributed by atoms with Gasteiger partial charge in [-0.2, -0.15) is 0 Å². The van der Waals surface area contributed by atoms with Crippen molar-refractivity contribution < 1.29 is 19.4 Å². The maximum absolute atomic E-state index is 12.1. The Morgan fingerprint density at radius 3 is 2.57 bits per heavy atom. The molecule has 21 heavy (non-hydrogen) atoms. The van der Waals surface area contributed by atoms with Crippen LogP contribution in [0.5, 0.6) is 0 Å². The molecule has 0 aromatic heterocycles. The number of benzene rings is 1. The summed E-state index contributed by atoms with van der Waals surface area (Å²) in [6, 6.07) is 8.57. The summed E-state index contributed by atoms with van der Waals surface area (Å²) in [6.07, 6.45) is -0.942. The van der Waals surface area contributed by atoms with Crippen LogP contribution in [-0.4, -0.2) is 58.7 Å². The summed E-state index contributed by atoms with van der Waals surface area (Å²) >= 11 is 0. The zero-order valence-corrected chi connectivity index (χ0v) is 11.6. The average Bonchev–Trinajstić information content (AvgIpc) is 3.28. The van der Waals surface area contributed by atoms with Crippen molar-refractivity contribution in [2.45, 2.75) is 25.2 Å². The highest BCUT2D eigenvalue weighted by atomic mass is 16.6. The highest BCUT2D eigenvalue weighted by Crippen LogP contribution is 2.23. The van der Waals surface area contributed by atoms with Crippen molar-refractivity contribution in [1.82, 2.24) is 9.80 Å². The van der Waals surface area contributed by atoms with E-state index in [2.05, 4.69) is 0 Å². The van der Waals surface area contributed by atoms with Crippen LogP contribution >= 0.6 is 0 Å². The normalized spacial score (nSPS) is 24.0. The van der Waals surface area contributed by atoms with Gasteiger partial charge in [-0.15, -0.1) is 0 Å². The number of likely N-dealkylation sites (tertiary alicyclic amines) is 1. The van der Waals surface area contributed by atoms with Gasteiger partial charge in [-0.25, -0.2) is 4.79 Å². The Hall–Kier alpha value is -2.08. The van der Waals surface area contributed by atoms with E-state index in [1.54, 1.807) is 4.90 Å². The molecule has 112 valence electrons. The number of rotatable bonds is 3. The molecule has 0 saturated carbocycles. The van der Waals surface area contributed by atoms with Gasteiger partial charge in [-0.1, -0.05) is 30.3 Å². The lowest BCUT2D eigenvalue weighted by molar-refractivity contribution is -0.132. The molecular formula is C15H18N2O4. The average molecular weight is 290 g/mol. The van der Waals surface area contributed by atoms with Gasteiger partial charge in [0.15, 0.2) is 0 Å². The maximum Gasteiger partial charge on any atom is 0.410 e. The molecule has 2 saturated heterocycles. The third kappa shape index (κ3) is 3.00. The number of amides is 2. The molecule has 0 spiro atoms. The fraction of sp³-hybridized carbons (Fsp3) is 0.467. The summed E-state index contributed by atoms with van der Waals surface area (Å²) in [4.78, 5) is 27.2. The predicted octanol–water partition coefficient (Wildman–Crippen LogP) is 0.601. The molecule has 2 unspecified atom stereocenters. The monoisotopic (exact) mass is 290 g/mol. The van der Waals surface area contributed by atoms with Crippen molar-refractivity contribution in [2.75, 3.05) is 19.6 Å². The first-order chi connectivity index (χ1) is 10.2. The van der Waals surface area contributed by atoms with Gasteiger partial charge in [-0.3, -0.25) is 9.69 Å². The van der Waals surface area contributed by atoms with Crippen LogP contribution in [0.15, 0.2) is 30.3 Å². The molecule has 6 heteroatoms. The Bertz CT molecular complexity index is 530. The minimum Gasteiger partial charge on any atom is -0.445 e. The Kier molecular flexibility index (Phi) is 3.79. The van der Waals surface area contributed by atoms with Gasteiger partial charge in [0.05, 0.1) is 6.10 Å². The Morgan fingerprint density at radius 1 is 1.19 bits per heavy atom. The lowest BCUT2D eigenvalue weighted by Gasteiger charge is -2.24. The van der Waals surface area contributed by atoms with Crippen LogP contribution in [0.4, 0.5) is 4.79 Å². The van der Waals surface area contributed by atoms with Gasteiger partial charge >= 0.3 is 6.09 Å². The van der Waals surface area contributed by atoms with Crippen molar-refractivity contribution >= 4 is 12.0 Å². The minimum atomic E-state index is -0.803. The lowest BCUT2D eigenvalue weighted by atomic mass is 10.1. The summed E-state index contributed by atoms with van der Waals surface area (Å²) < 4.78 is 5.25. The first kappa shape index (κ1) is 13.9. The highest BCUT2D eigenvalue weighted by Gasteiger charge is 2.45. The third-order valence-corrected chi connectivity index (χ3v) is 3.82. The number of aliphatic hydroxyl groups is 1. The number of ether oxygens (including phenoxy) is 1. The molecule has 1 N–H and O–H groups in total. The first-order valence-electron chi connectivity index (χ1n) is 7.11. The largest absolute Gasteiger partial charge is 0.445 e. The SMILES string of the molecule is O=C(C1C(O)CCN1C(=O)OCc1ccccc1)N1CC1. The van der Waals surface area contributed by atoms with Crippen molar-refractivity contribution in [3.63, 3.8) is 0 Å². The fourth-order valence-corrected chi connectivity index (χ4v) is 2.54. The predicted molar refractivity (Wildman–Crippen MR) is 74.3 cm³/mol. The molecule has 0 radical (unpaired) electrons. The van der Waals surface area contributed by atoms with Crippen LogP contribution in [0.25, 0.3) is 0 Å². The number of hydrogen-bond donors (Lipinski definition) is 1. The second-order valence-corrected chi connectivity index (χ2v) is 5.36. The molecule has 2 amide bonds. The molecule has 2 atom stereocenters. The van der Waals surface area contributed by atoms with Crippen LogP contribution in [0.2, 0.25) is 0 Å². The first-order valence-corrected chi connectivity index (χ1v) is 7.11. The summed E-state index contributed by atoms with van der Waals surface area (Å²) in [7, 11) is 0. The van der Waals surface area contributed by atoms with E-state index >= 15 is 0 Å². The molecule has 6 nitrogen and oxygen atoms in total. The van der Waals surface area contributed by atoms with Crippen LogP contribution in [0.1, 0.15) is 12.0 Å². The van der Waals surface area contributed by atoms with E-state index in [0.717, 1.165) is 5.56 Å². The summed E-state index contributed by atoms with van der Waals surface area (Å²) in [5.41, 5.74) is 0.888. The van der Waals surface area contributed by atoms with E-state index in [1.807, 2.05) is 30.3 Å². The zero-order valence-electron chi connectivity index (χ0n) is 11.6. The van der Waals surface area contributed by atoms with Crippen molar-refractivity contribution in [3.05, 3.63) is 35.9 Å². The number of hydrogen-bond acceptors (Lipinski definition) is 4. The molecule has 2 fully saturated rings. The second-order valence-electron chi connectivity index (χ2n) is 5.36. The van der Waals surface area contributed by atoms with Gasteiger partial charge in [-0.05, 0) is 12.0 Å². The highest BCUT2D eigenvalue weighted by molar-refractivity contribution is 5.88. The van der Waals surface area contributed by atoms with Crippen molar-refractivity contribution in [1.29, 1.82) is 0 Å². The summed E-state index contributed by atoms with van der Waals surface area (Å²) in [6.45, 7) is 1.92. The number of nitrogens with zero attached hydrogens (tertiary/aromatic N) is 2. The van der Waals surface area contributed by atoms with Gasteiger partial charge in [0, 0.05) is 19.6 Å². The van der Waals surface area contributed by atoms with E-state index in [0.29, 0.717) is 26.1 Å². The third-order valence-electron chi connectivity index (χ3n) is 3.82. The molecule has 0 aliphatic carbocycles. The summed E-state index contributed by atoms with van der Waals surface area (Å²) in [5.74, 6) is -0.184. The Balaban J connectivity index is 1.61. The molecular weight excluding hydrogens is 272 g/mol. The molecule has 2 heterocycles. The van der Waals surface area contributed by atoms with E-state index in [4.69, 9.17) is 4.74 Å². The lowest BCUT2D eigenvalue weighted by Crippen LogP contribution is -2.47. The molecule has 1 aromatic carbocycles. The van der Waals surface area contributed by atoms with E-state index in [9.17, 15) is 14.7 Å². The van der Waals surface area contributed by atoms with E-state index < -0.39 is 18.2 Å². The molecule has 2 aliphatic heterocycles. The molecule has 1 aromatic rings. The summed E-state index contributed by atoms with van der Waals surface area (Å²) in [5, 5.41) is 9.94. The van der Waals surface area contributed by atoms with E-state index in [1.165, 1.54) is 4.90 Å². The number of carbonyl (C=O) groups excluding carboxylic acids is 2. The molecule has 2 aliphatic rings. The Morgan fingerprint density at radius 2 is 1.90 bits per heavy atom. The van der Waals surface area contributed by atoms with Crippen molar-refractivity contribution in [3.8, 4) is 0 Å². The van der Waals surface area contributed by atoms with Crippen LogP contribution in [0, 0.1) is 0 Å². The van der Waals surface area contributed by atoms with Crippen LogP contribution in [0.3, 0.4) is 0 Å². The Labute approximate surface area is 122 Å². The van der Waals surface area contributed by atoms with Gasteiger partial charge in [0.1, 0.15) is 12.6 Å². The minimum absolute atomic E-state index is 0.164. The van der Waals surface area contributed by atoms with E-state index in [-0.39, 0.29) is 12.5 Å². The quantitative estimate of drug-likeness (QED) is 0.828. The smallest absolute Gasteiger partial charge is 0.410 e. The molecule has 0 bridgehead atoms. The fourth-order valence-electron chi connectivity index (χ4n) is 2.54. The number of carbonyl (C=O) groups is 2. The van der Waals surface area contributed by atoms with Crippen LogP contribution in [-0.2, 0) is 16.1 Å². The van der Waals surface area contributed by atoms with Gasteiger partial charge in [0.2, 0.25) is 5.91 Å².